The lowest BCUT2D eigenvalue weighted by molar-refractivity contribution is -0.136. The smallest absolute Gasteiger partial charge is 0.229 e. The van der Waals surface area contributed by atoms with Gasteiger partial charge in [0, 0.05) is 6.20 Å². The number of aliphatic hydroxyl groups is 1. The fraction of sp³-hybridized carbons (Fsp3) is 0.280. The number of rotatable bonds is 8. The molecule has 0 fully saturated rings. The van der Waals surface area contributed by atoms with E-state index in [4.69, 9.17) is 4.74 Å². The van der Waals surface area contributed by atoms with Crippen LogP contribution < -0.4 is 10.1 Å². The van der Waals surface area contributed by atoms with Gasteiger partial charge in [-0.3, -0.25) is 9.78 Å². The maximum atomic E-state index is 12.9. The van der Waals surface area contributed by atoms with Crippen LogP contribution in [0.15, 0.2) is 79.0 Å². The molecule has 2 aromatic carbocycles. The second-order valence-electron chi connectivity index (χ2n) is 7.92. The predicted molar refractivity (Wildman–Crippen MR) is 117 cm³/mol. The van der Waals surface area contributed by atoms with Crippen molar-refractivity contribution in [3.63, 3.8) is 0 Å². The molecule has 0 spiro atoms. The second kappa shape index (κ2) is 9.55. The molecule has 5 nitrogen and oxygen atoms in total. The molecule has 0 saturated carbocycles. The number of ether oxygens (including phenoxy) is 1. The van der Waals surface area contributed by atoms with Crippen molar-refractivity contribution in [3.05, 3.63) is 95.8 Å². The number of hydrogen-bond acceptors (Lipinski definition) is 4. The van der Waals surface area contributed by atoms with Gasteiger partial charge in [-0.2, -0.15) is 0 Å². The molecule has 0 radical (unpaired) electrons. The molecule has 2 atom stereocenters. The van der Waals surface area contributed by atoms with Crippen LogP contribution in [0.1, 0.15) is 49.7 Å². The van der Waals surface area contributed by atoms with E-state index in [1.54, 1.807) is 32.2 Å². The number of aliphatic hydroxyl groups excluding tert-OH is 1. The molecule has 0 aliphatic carbocycles. The van der Waals surface area contributed by atoms with Crippen molar-refractivity contribution in [2.45, 2.75) is 39.5 Å². The summed E-state index contributed by atoms with van der Waals surface area (Å²) in [6.07, 6.45) is 0.701. The van der Waals surface area contributed by atoms with E-state index in [0.717, 1.165) is 11.3 Å². The Hall–Kier alpha value is -3.18. The Morgan fingerprint density at radius 3 is 2.50 bits per heavy atom. The summed E-state index contributed by atoms with van der Waals surface area (Å²) in [4.78, 5) is 17.2. The zero-order valence-electron chi connectivity index (χ0n) is 17.6. The number of pyridine rings is 1. The Morgan fingerprint density at radius 1 is 1.07 bits per heavy atom. The first kappa shape index (κ1) is 21.5. The number of aromatic nitrogens is 1. The van der Waals surface area contributed by atoms with Crippen LogP contribution in [0.4, 0.5) is 0 Å². The topological polar surface area (TPSA) is 71.5 Å². The number of nitrogens with one attached hydrogen (secondary N) is 1. The van der Waals surface area contributed by atoms with Crippen molar-refractivity contribution in [3.8, 4) is 5.75 Å². The standard InChI is InChI=1S/C25H28N2O3/c1-18(22-14-7-8-15-26-22)27-24(29)25(2,3)23(28)20-12-9-13-21(16-20)30-17-19-10-5-4-6-11-19/h4-16,18,23,28H,17H2,1-3H3,(H,27,29)/t18-,23+/m1/s1. The molecule has 3 rings (SSSR count). The van der Waals surface area contributed by atoms with Crippen LogP contribution >= 0.6 is 0 Å². The maximum Gasteiger partial charge on any atom is 0.229 e. The molecule has 3 aromatic rings. The van der Waals surface area contributed by atoms with Gasteiger partial charge in [-0.25, -0.2) is 0 Å². The first-order chi connectivity index (χ1) is 14.4. The van der Waals surface area contributed by atoms with E-state index in [9.17, 15) is 9.90 Å². The Kier molecular flexibility index (Phi) is 6.85. The van der Waals surface area contributed by atoms with Gasteiger partial charge >= 0.3 is 0 Å². The molecule has 2 N–H and O–H groups in total. The number of hydrogen-bond donors (Lipinski definition) is 2. The molecule has 5 heteroatoms. The van der Waals surface area contributed by atoms with Gasteiger partial charge in [0.15, 0.2) is 0 Å². The highest BCUT2D eigenvalue weighted by Gasteiger charge is 2.37. The summed E-state index contributed by atoms with van der Waals surface area (Å²) in [6, 6.07) is 22.4. The summed E-state index contributed by atoms with van der Waals surface area (Å²) in [5, 5.41) is 13.9. The molecule has 0 saturated heterocycles. The normalized spacial score (nSPS) is 13.3. The summed E-state index contributed by atoms with van der Waals surface area (Å²) in [7, 11) is 0. The number of amides is 1. The average Bonchev–Trinajstić information content (AvgIpc) is 2.78. The lowest BCUT2D eigenvalue weighted by atomic mass is 9.81. The van der Waals surface area contributed by atoms with Crippen LogP contribution in [0.5, 0.6) is 5.75 Å². The summed E-state index contributed by atoms with van der Waals surface area (Å²) >= 11 is 0. The quantitative estimate of drug-likeness (QED) is 0.576. The zero-order valence-corrected chi connectivity index (χ0v) is 17.6. The van der Waals surface area contributed by atoms with Gasteiger partial charge in [0.25, 0.3) is 0 Å². The van der Waals surface area contributed by atoms with Crippen LogP contribution in [-0.4, -0.2) is 16.0 Å². The van der Waals surface area contributed by atoms with Gasteiger partial charge in [-0.05, 0) is 56.2 Å². The molecule has 1 aromatic heterocycles. The first-order valence-electron chi connectivity index (χ1n) is 10.0. The van der Waals surface area contributed by atoms with E-state index in [-0.39, 0.29) is 11.9 Å². The lowest BCUT2D eigenvalue weighted by Crippen LogP contribution is -2.42. The number of carbonyl (C=O) groups is 1. The fourth-order valence-corrected chi connectivity index (χ4v) is 3.14. The van der Waals surface area contributed by atoms with Gasteiger partial charge in [-0.15, -0.1) is 0 Å². The highest BCUT2D eigenvalue weighted by molar-refractivity contribution is 5.83. The van der Waals surface area contributed by atoms with Crippen molar-refractivity contribution >= 4 is 5.91 Å². The molecule has 1 heterocycles. The molecule has 0 bridgehead atoms. The summed E-state index contributed by atoms with van der Waals surface area (Å²) in [6.45, 7) is 5.78. The highest BCUT2D eigenvalue weighted by atomic mass is 16.5. The molecular weight excluding hydrogens is 376 g/mol. The third-order valence-electron chi connectivity index (χ3n) is 5.17. The molecule has 0 aliphatic rings. The number of nitrogens with zero attached hydrogens (tertiary/aromatic N) is 1. The third kappa shape index (κ3) is 5.24. The SMILES string of the molecule is C[C@@H](NC(=O)C(C)(C)[C@@H](O)c1cccc(OCc2ccccc2)c1)c1ccccn1. The van der Waals surface area contributed by atoms with E-state index in [1.807, 2.05) is 67.6 Å². The van der Waals surface area contributed by atoms with E-state index >= 15 is 0 Å². The van der Waals surface area contributed by atoms with E-state index < -0.39 is 11.5 Å². The minimum Gasteiger partial charge on any atom is -0.489 e. The minimum absolute atomic E-state index is 0.247. The van der Waals surface area contributed by atoms with E-state index in [2.05, 4.69) is 10.3 Å². The Labute approximate surface area is 177 Å². The largest absolute Gasteiger partial charge is 0.489 e. The highest BCUT2D eigenvalue weighted by Crippen LogP contribution is 2.35. The van der Waals surface area contributed by atoms with Crippen molar-refractivity contribution in [1.29, 1.82) is 0 Å². The van der Waals surface area contributed by atoms with E-state index in [1.165, 1.54) is 0 Å². The first-order valence-corrected chi connectivity index (χ1v) is 10.0. The van der Waals surface area contributed by atoms with Gasteiger partial charge in [0.2, 0.25) is 5.91 Å². The van der Waals surface area contributed by atoms with Crippen LogP contribution in [0.3, 0.4) is 0 Å². The summed E-state index contributed by atoms with van der Waals surface area (Å²) in [5.74, 6) is 0.400. The number of benzene rings is 2. The second-order valence-corrected chi connectivity index (χ2v) is 7.92. The summed E-state index contributed by atoms with van der Waals surface area (Å²) in [5.41, 5.74) is 1.42. The van der Waals surface area contributed by atoms with Gasteiger partial charge in [0.05, 0.1) is 23.3 Å². The fourth-order valence-electron chi connectivity index (χ4n) is 3.14. The Bertz CT molecular complexity index is 958. The number of carbonyl (C=O) groups excluding carboxylic acids is 1. The lowest BCUT2D eigenvalue weighted by Gasteiger charge is -2.31. The molecule has 1 amide bonds. The van der Waals surface area contributed by atoms with Crippen LogP contribution in [-0.2, 0) is 11.4 Å². The van der Waals surface area contributed by atoms with Crippen LogP contribution in [0, 0.1) is 5.41 Å². The molecular formula is C25H28N2O3. The molecule has 156 valence electrons. The average molecular weight is 405 g/mol. The zero-order chi connectivity index (χ0) is 21.6. The molecule has 30 heavy (non-hydrogen) atoms. The van der Waals surface area contributed by atoms with Gasteiger partial charge in [-0.1, -0.05) is 48.5 Å². The molecule has 0 aliphatic heterocycles. The van der Waals surface area contributed by atoms with Crippen molar-refractivity contribution in [1.82, 2.24) is 10.3 Å². The summed E-state index contributed by atoms with van der Waals surface area (Å²) < 4.78 is 5.86. The van der Waals surface area contributed by atoms with Crippen molar-refractivity contribution in [2.75, 3.05) is 0 Å². The van der Waals surface area contributed by atoms with E-state index in [0.29, 0.717) is 17.9 Å². The Balaban J connectivity index is 1.67. The predicted octanol–water partition coefficient (Wildman–Crippen LogP) is 4.60. The third-order valence-corrected chi connectivity index (χ3v) is 5.17. The minimum atomic E-state index is -1.04. The van der Waals surface area contributed by atoms with Crippen molar-refractivity contribution in [2.24, 2.45) is 5.41 Å². The monoisotopic (exact) mass is 404 g/mol. The van der Waals surface area contributed by atoms with Crippen LogP contribution in [0.2, 0.25) is 0 Å². The Morgan fingerprint density at radius 2 is 1.80 bits per heavy atom. The maximum absolute atomic E-state index is 12.9. The molecule has 0 unspecified atom stereocenters. The van der Waals surface area contributed by atoms with Gasteiger partial charge < -0.3 is 15.2 Å². The van der Waals surface area contributed by atoms with Crippen molar-refractivity contribution < 1.29 is 14.6 Å². The van der Waals surface area contributed by atoms with Crippen LogP contribution in [0.25, 0.3) is 0 Å². The van der Waals surface area contributed by atoms with Gasteiger partial charge in [0.1, 0.15) is 12.4 Å².